The number of piperazine rings is 1. The number of nitrogens with zero attached hydrogens (tertiary/aromatic N) is 2. The first kappa shape index (κ1) is 15.3. The lowest BCUT2D eigenvalue weighted by atomic mass is 9.91. The van der Waals surface area contributed by atoms with E-state index in [1.165, 1.54) is 12.8 Å². The molecule has 5 nitrogen and oxygen atoms in total. The summed E-state index contributed by atoms with van der Waals surface area (Å²) in [5.41, 5.74) is -0.739. The Labute approximate surface area is 121 Å². The minimum absolute atomic E-state index is 0.0348. The summed E-state index contributed by atoms with van der Waals surface area (Å²) in [5, 5.41) is 2.88. The molecule has 1 N–H and O–H groups in total. The van der Waals surface area contributed by atoms with Crippen LogP contribution < -0.4 is 5.32 Å². The van der Waals surface area contributed by atoms with E-state index < -0.39 is 5.54 Å². The lowest BCUT2D eigenvalue weighted by Gasteiger charge is -2.45. The number of likely N-dealkylation sites (tertiary alicyclic amines) is 1. The smallest absolute Gasteiger partial charge is 0.248 e. The lowest BCUT2D eigenvalue weighted by molar-refractivity contribution is -0.154. The number of carbonyl (C=O) groups is 2. The Balaban J connectivity index is 2.14. The summed E-state index contributed by atoms with van der Waals surface area (Å²) >= 11 is 0. The summed E-state index contributed by atoms with van der Waals surface area (Å²) in [7, 11) is 2.11. The summed E-state index contributed by atoms with van der Waals surface area (Å²) in [4.78, 5) is 28.9. The van der Waals surface area contributed by atoms with Gasteiger partial charge in [-0.25, -0.2) is 0 Å². The van der Waals surface area contributed by atoms with Crippen LogP contribution in [0, 0.1) is 0 Å². The predicted molar refractivity (Wildman–Crippen MR) is 78.3 cm³/mol. The largest absolute Gasteiger partial charge is 0.340 e. The van der Waals surface area contributed by atoms with Gasteiger partial charge >= 0.3 is 0 Å². The van der Waals surface area contributed by atoms with Crippen LogP contribution in [0.1, 0.15) is 46.5 Å². The number of likely N-dealkylation sites (N-methyl/N-ethyl adjacent to an activating group) is 1. The van der Waals surface area contributed by atoms with E-state index in [4.69, 9.17) is 0 Å². The van der Waals surface area contributed by atoms with Gasteiger partial charge in [0.25, 0.3) is 0 Å². The van der Waals surface area contributed by atoms with Crippen LogP contribution in [0.25, 0.3) is 0 Å². The van der Waals surface area contributed by atoms with E-state index in [0.717, 1.165) is 13.0 Å². The van der Waals surface area contributed by atoms with Crippen molar-refractivity contribution in [1.29, 1.82) is 0 Å². The van der Waals surface area contributed by atoms with E-state index in [0.29, 0.717) is 19.0 Å². The predicted octanol–water partition coefficient (Wildman–Crippen LogP) is 0.986. The SMILES string of the molecule is CCC1(C)NC(=O)C(C)N(CC2CCCCN2C)C1=O. The van der Waals surface area contributed by atoms with E-state index in [1.54, 1.807) is 4.90 Å². The average Bonchev–Trinajstić information content (AvgIpc) is 2.43. The third kappa shape index (κ3) is 2.68. The van der Waals surface area contributed by atoms with Crippen molar-refractivity contribution in [1.82, 2.24) is 15.1 Å². The van der Waals surface area contributed by atoms with E-state index in [-0.39, 0.29) is 17.9 Å². The molecule has 2 fully saturated rings. The van der Waals surface area contributed by atoms with E-state index >= 15 is 0 Å². The van der Waals surface area contributed by atoms with Crippen LogP contribution in [0.4, 0.5) is 0 Å². The van der Waals surface area contributed by atoms with Gasteiger partial charge in [0.15, 0.2) is 0 Å². The molecule has 2 heterocycles. The van der Waals surface area contributed by atoms with Crippen molar-refractivity contribution in [2.24, 2.45) is 0 Å². The molecule has 2 saturated heterocycles. The highest BCUT2D eigenvalue weighted by molar-refractivity contribution is 5.99. The maximum atomic E-state index is 12.7. The fraction of sp³-hybridized carbons (Fsp3) is 0.867. The van der Waals surface area contributed by atoms with Crippen molar-refractivity contribution in [3.05, 3.63) is 0 Å². The number of rotatable bonds is 3. The first-order chi connectivity index (χ1) is 9.39. The summed E-state index contributed by atoms with van der Waals surface area (Å²) < 4.78 is 0. The molecule has 0 aliphatic carbocycles. The molecule has 0 aromatic carbocycles. The van der Waals surface area contributed by atoms with Gasteiger partial charge in [-0.15, -0.1) is 0 Å². The molecule has 0 spiro atoms. The molecule has 20 heavy (non-hydrogen) atoms. The second-order valence-electron chi connectivity index (χ2n) is 6.44. The lowest BCUT2D eigenvalue weighted by Crippen LogP contribution is -2.69. The molecule has 0 saturated carbocycles. The molecule has 0 aromatic rings. The molecule has 114 valence electrons. The topological polar surface area (TPSA) is 52.7 Å². The number of nitrogens with one attached hydrogen (secondary N) is 1. The summed E-state index contributed by atoms with van der Waals surface area (Å²) in [5.74, 6) is 0.0264. The highest BCUT2D eigenvalue weighted by atomic mass is 16.2. The third-order valence-corrected chi connectivity index (χ3v) is 5.01. The van der Waals surface area contributed by atoms with Gasteiger partial charge in [0.2, 0.25) is 11.8 Å². The number of hydrogen-bond acceptors (Lipinski definition) is 3. The van der Waals surface area contributed by atoms with Crippen LogP contribution in [-0.2, 0) is 9.59 Å². The third-order valence-electron chi connectivity index (χ3n) is 5.01. The number of hydrogen-bond donors (Lipinski definition) is 1. The van der Waals surface area contributed by atoms with Crippen molar-refractivity contribution in [2.75, 3.05) is 20.1 Å². The van der Waals surface area contributed by atoms with Gasteiger partial charge in [-0.1, -0.05) is 13.3 Å². The maximum absolute atomic E-state index is 12.7. The Kier molecular flexibility index (Phi) is 4.37. The van der Waals surface area contributed by atoms with Gasteiger partial charge in [-0.2, -0.15) is 0 Å². The summed E-state index contributed by atoms with van der Waals surface area (Å²) in [6.45, 7) is 7.35. The van der Waals surface area contributed by atoms with Gasteiger partial charge < -0.3 is 15.1 Å². The molecule has 2 rings (SSSR count). The van der Waals surface area contributed by atoms with Crippen LogP contribution in [0.3, 0.4) is 0 Å². The quantitative estimate of drug-likeness (QED) is 0.839. The van der Waals surface area contributed by atoms with Gasteiger partial charge in [0.1, 0.15) is 11.6 Å². The van der Waals surface area contributed by atoms with Crippen LogP contribution >= 0.6 is 0 Å². The zero-order valence-corrected chi connectivity index (χ0v) is 13.1. The first-order valence-electron chi connectivity index (χ1n) is 7.72. The fourth-order valence-corrected chi connectivity index (χ4v) is 3.15. The Morgan fingerprint density at radius 2 is 2.05 bits per heavy atom. The normalized spacial score (nSPS) is 36.1. The van der Waals surface area contributed by atoms with E-state index in [9.17, 15) is 9.59 Å². The van der Waals surface area contributed by atoms with Gasteiger partial charge in [-0.3, -0.25) is 9.59 Å². The highest BCUT2D eigenvalue weighted by Gasteiger charge is 2.46. The average molecular weight is 281 g/mol. The number of carbonyl (C=O) groups excluding carboxylic acids is 2. The molecule has 0 aromatic heterocycles. The Bertz CT molecular complexity index is 399. The van der Waals surface area contributed by atoms with Gasteiger partial charge in [-0.05, 0) is 46.7 Å². The van der Waals surface area contributed by atoms with Gasteiger partial charge in [0.05, 0.1) is 0 Å². The monoisotopic (exact) mass is 281 g/mol. The molecule has 0 bridgehead atoms. The van der Waals surface area contributed by atoms with Crippen LogP contribution in [0.2, 0.25) is 0 Å². The molecule has 0 radical (unpaired) electrons. The Morgan fingerprint density at radius 1 is 1.35 bits per heavy atom. The van der Waals surface area contributed by atoms with Crippen LogP contribution in [0.15, 0.2) is 0 Å². The standard InChI is InChI=1S/C15H27N3O2/c1-5-15(3)14(20)18(11(2)13(19)16-15)10-12-8-6-7-9-17(12)4/h11-12H,5-10H2,1-4H3,(H,16,19). The molecular formula is C15H27N3O2. The minimum Gasteiger partial charge on any atom is -0.340 e. The van der Waals surface area contributed by atoms with Crippen LogP contribution in [-0.4, -0.2) is 59.4 Å². The second kappa shape index (κ2) is 5.72. The van der Waals surface area contributed by atoms with Crippen molar-refractivity contribution < 1.29 is 9.59 Å². The Morgan fingerprint density at radius 3 is 2.65 bits per heavy atom. The Hall–Kier alpha value is -1.10. The van der Waals surface area contributed by atoms with Crippen molar-refractivity contribution in [3.63, 3.8) is 0 Å². The zero-order chi connectivity index (χ0) is 14.9. The maximum Gasteiger partial charge on any atom is 0.248 e. The van der Waals surface area contributed by atoms with E-state index in [1.807, 2.05) is 20.8 Å². The van der Waals surface area contributed by atoms with Crippen LogP contribution in [0.5, 0.6) is 0 Å². The molecular weight excluding hydrogens is 254 g/mol. The van der Waals surface area contributed by atoms with E-state index in [2.05, 4.69) is 17.3 Å². The summed E-state index contributed by atoms with van der Waals surface area (Å²) in [6.07, 6.45) is 4.17. The number of amides is 2. The van der Waals surface area contributed by atoms with Gasteiger partial charge in [0, 0.05) is 12.6 Å². The van der Waals surface area contributed by atoms with Crippen molar-refractivity contribution >= 4 is 11.8 Å². The molecule has 2 aliphatic rings. The highest BCUT2D eigenvalue weighted by Crippen LogP contribution is 2.24. The second-order valence-corrected chi connectivity index (χ2v) is 6.44. The molecule has 3 unspecified atom stereocenters. The fourth-order valence-electron chi connectivity index (χ4n) is 3.15. The van der Waals surface area contributed by atoms with Crippen molar-refractivity contribution in [3.8, 4) is 0 Å². The zero-order valence-electron chi connectivity index (χ0n) is 13.1. The van der Waals surface area contributed by atoms with Crippen molar-refractivity contribution in [2.45, 2.75) is 64.1 Å². The molecule has 5 heteroatoms. The summed E-state index contributed by atoms with van der Waals surface area (Å²) in [6, 6.07) is 0.0135. The molecule has 2 amide bonds. The first-order valence-corrected chi connectivity index (χ1v) is 7.72. The molecule has 3 atom stereocenters. The minimum atomic E-state index is -0.739. The number of piperidine rings is 1. The molecule has 2 aliphatic heterocycles.